The van der Waals surface area contributed by atoms with Gasteiger partial charge in [0.25, 0.3) is 5.91 Å². The summed E-state index contributed by atoms with van der Waals surface area (Å²) in [6, 6.07) is 1.90. The van der Waals surface area contributed by atoms with Crippen molar-refractivity contribution in [2.24, 2.45) is 0 Å². The van der Waals surface area contributed by atoms with Crippen LogP contribution in [0.5, 0.6) is 0 Å². The van der Waals surface area contributed by atoms with Crippen molar-refractivity contribution in [2.45, 2.75) is 65.5 Å². The van der Waals surface area contributed by atoms with Crippen LogP contribution in [0.1, 0.15) is 68.5 Å². The van der Waals surface area contributed by atoms with Crippen molar-refractivity contribution in [2.75, 3.05) is 13.1 Å². The van der Waals surface area contributed by atoms with Gasteiger partial charge >= 0.3 is 0 Å². The van der Waals surface area contributed by atoms with Crippen LogP contribution in [-0.4, -0.2) is 48.4 Å². The molecule has 0 N–H and O–H groups in total. The molecule has 2 aromatic heterocycles. The Bertz CT molecular complexity index is 746. The molecule has 7 heteroatoms. The molecule has 1 saturated heterocycles. The molecule has 2 aromatic rings. The lowest BCUT2D eigenvalue weighted by atomic mass is 9.95. The molecule has 0 atom stereocenters. The normalized spacial score (nSPS) is 16.4. The van der Waals surface area contributed by atoms with Gasteiger partial charge in [-0.05, 0) is 53.5 Å². The minimum absolute atomic E-state index is 0.0292. The molecule has 0 aliphatic carbocycles. The first-order valence-electron chi connectivity index (χ1n) is 9.05. The molecule has 7 nitrogen and oxygen atoms in total. The highest BCUT2D eigenvalue weighted by Gasteiger charge is 2.29. The molecule has 0 aromatic carbocycles. The third kappa shape index (κ3) is 3.45. The Morgan fingerprint density at radius 1 is 1.28 bits per heavy atom. The average Bonchev–Trinajstić information content (AvgIpc) is 3.20. The minimum atomic E-state index is -0.125. The lowest BCUT2D eigenvalue weighted by molar-refractivity contribution is 0.0702. The molecule has 25 heavy (non-hydrogen) atoms. The van der Waals surface area contributed by atoms with Crippen molar-refractivity contribution in [1.82, 2.24) is 29.4 Å². The van der Waals surface area contributed by atoms with Crippen LogP contribution in [0.2, 0.25) is 0 Å². The molecule has 1 amide bonds. The van der Waals surface area contributed by atoms with Crippen LogP contribution >= 0.6 is 0 Å². The Labute approximate surface area is 149 Å². The van der Waals surface area contributed by atoms with Crippen LogP contribution in [0.4, 0.5) is 0 Å². The monoisotopic (exact) mass is 344 g/mol. The van der Waals surface area contributed by atoms with Crippen LogP contribution in [0.3, 0.4) is 0 Å². The van der Waals surface area contributed by atoms with Crippen LogP contribution in [0.25, 0.3) is 0 Å². The molecule has 0 radical (unpaired) electrons. The predicted molar refractivity (Wildman–Crippen MR) is 95.5 cm³/mol. The summed E-state index contributed by atoms with van der Waals surface area (Å²) < 4.78 is 4.02. The summed E-state index contributed by atoms with van der Waals surface area (Å²) in [4.78, 5) is 14.7. The van der Waals surface area contributed by atoms with E-state index >= 15 is 0 Å². The van der Waals surface area contributed by atoms with Gasteiger partial charge < -0.3 is 9.47 Å². The zero-order valence-corrected chi connectivity index (χ0v) is 15.9. The van der Waals surface area contributed by atoms with E-state index < -0.39 is 0 Å². The second-order valence-electron chi connectivity index (χ2n) is 7.80. The van der Waals surface area contributed by atoms with Crippen LogP contribution in [0, 0.1) is 6.92 Å². The Hall–Kier alpha value is -2.18. The highest BCUT2D eigenvalue weighted by atomic mass is 16.2. The number of piperidine rings is 1. The zero-order chi connectivity index (χ0) is 18.2. The second-order valence-corrected chi connectivity index (χ2v) is 7.80. The van der Waals surface area contributed by atoms with E-state index in [0.717, 1.165) is 44.0 Å². The predicted octanol–water partition coefficient (Wildman–Crippen LogP) is 2.58. The van der Waals surface area contributed by atoms with Gasteiger partial charge in [-0.3, -0.25) is 9.48 Å². The van der Waals surface area contributed by atoms with Crippen molar-refractivity contribution >= 4 is 5.91 Å². The van der Waals surface area contributed by atoms with Crippen molar-refractivity contribution in [1.29, 1.82) is 0 Å². The fourth-order valence-corrected chi connectivity index (χ4v) is 3.58. The number of aryl methyl sites for hydroxylation is 2. The summed E-state index contributed by atoms with van der Waals surface area (Å²) in [5, 5.41) is 12.9. The summed E-state index contributed by atoms with van der Waals surface area (Å²) in [7, 11) is 0. The highest BCUT2D eigenvalue weighted by molar-refractivity contribution is 5.92. The molecule has 1 aliphatic heterocycles. The zero-order valence-electron chi connectivity index (χ0n) is 15.9. The summed E-state index contributed by atoms with van der Waals surface area (Å²) in [6.45, 7) is 12.7. The van der Waals surface area contributed by atoms with Gasteiger partial charge in [-0.15, -0.1) is 10.2 Å². The first-order valence-corrected chi connectivity index (χ1v) is 9.05. The lowest BCUT2D eigenvalue weighted by Crippen LogP contribution is -2.38. The quantitative estimate of drug-likeness (QED) is 0.858. The third-order valence-electron chi connectivity index (χ3n) is 4.88. The average molecular weight is 344 g/mol. The molecule has 3 rings (SSSR count). The van der Waals surface area contributed by atoms with Crippen molar-refractivity contribution in [3.05, 3.63) is 29.6 Å². The number of aromatic nitrogens is 5. The van der Waals surface area contributed by atoms with E-state index in [-0.39, 0.29) is 11.4 Å². The van der Waals surface area contributed by atoms with E-state index in [2.05, 4.69) is 47.6 Å². The summed E-state index contributed by atoms with van der Waals surface area (Å²) in [5.41, 5.74) is 1.43. The van der Waals surface area contributed by atoms with Crippen LogP contribution < -0.4 is 0 Å². The number of amides is 1. The van der Waals surface area contributed by atoms with Gasteiger partial charge in [0, 0.05) is 31.2 Å². The fraction of sp³-hybridized carbons (Fsp3) is 0.667. The SMILES string of the molecule is CCn1cnnc1C1CCN(C(=O)c2cc(C)n(C(C)(C)C)n2)CC1. The van der Waals surface area contributed by atoms with E-state index in [1.807, 2.05) is 22.6 Å². The van der Waals surface area contributed by atoms with Gasteiger partial charge in [0.1, 0.15) is 12.2 Å². The maximum absolute atomic E-state index is 12.8. The number of carbonyl (C=O) groups is 1. The van der Waals surface area contributed by atoms with Crippen molar-refractivity contribution in [3.63, 3.8) is 0 Å². The summed E-state index contributed by atoms with van der Waals surface area (Å²) in [6.07, 6.45) is 3.63. The molecule has 1 aliphatic rings. The van der Waals surface area contributed by atoms with Crippen molar-refractivity contribution in [3.8, 4) is 0 Å². The maximum atomic E-state index is 12.8. The molecular formula is C18H28N6O. The molecule has 0 spiro atoms. The molecule has 0 bridgehead atoms. The number of hydrogen-bond donors (Lipinski definition) is 0. The first-order chi connectivity index (χ1) is 11.8. The fourth-order valence-electron chi connectivity index (χ4n) is 3.58. The van der Waals surface area contributed by atoms with Gasteiger partial charge in [0.2, 0.25) is 0 Å². The van der Waals surface area contributed by atoms with Crippen LogP contribution in [0.15, 0.2) is 12.4 Å². The Morgan fingerprint density at radius 2 is 1.96 bits per heavy atom. The maximum Gasteiger partial charge on any atom is 0.274 e. The van der Waals surface area contributed by atoms with Gasteiger partial charge in [-0.1, -0.05) is 0 Å². The molecule has 0 unspecified atom stereocenters. The largest absolute Gasteiger partial charge is 0.337 e. The van der Waals surface area contributed by atoms with Gasteiger partial charge in [0.15, 0.2) is 5.69 Å². The van der Waals surface area contributed by atoms with E-state index in [9.17, 15) is 4.79 Å². The smallest absolute Gasteiger partial charge is 0.274 e. The van der Waals surface area contributed by atoms with Crippen molar-refractivity contribution < 1.29 is 4.79 Å². The Balaban J connectivity index is 1.68. The van der Waals surface area contributed by atoms with E-state index in [1.165, 1.54) is 0 Å². The Kier molecular flexibility index (Phi) is 4.67. The number of rotatable bonds is 3. The molecule has 3 heterocycles. The van der Waals surface area contributed by atoms with E-state index in [0.29, 0.717) is 11.6 Å². The van der Waals surface area contributed by atoms with Gasteiger partial charge in [-0.25, -0.2) is 0 Å². The van der Waals surface area contributed by atoms with Crippen LogP contribution in [-0.2, 0) is 12.1 Å². The molecule has 136 valence electrons. The topological polar surface area (TPSA) is 68.8 Å². The summed E-state index contributed by atoms with van der Waals surface area (Å²) in [5.74, 6) is 1.45. The lowest BCUT2D eigenvalue weighted by Gasteiger charge is -2.31. The highest BCUT2D eigenvalue weighted by Crippen LogP contribution is 2.27. The second kappa shape index (κ2) is 6.61. The number of likely N-dealkylation sites (tertiary alicyclic amines) is 1. The first kappa shape index (κ1) is 17.6. The Morgan fingerprint density at radius 3 is 2.52 bits per heavy atom. The molecule has 0 saturated carbocycles. The molecule has 1 fully saturated rings. The molecular weight excluding hydrogens is 316 g/mol. The number of nitrogens with zero attached hydrogens (tertiary/aromatic N) is 6. The van der Waals surface area contributed by atoms with E-state index in [1.54, 1.807) is 6.33 Å². The third-order valence-corrected chi connectivity index (χ3v) is 4.88. The van der Waals surface area contributed by atoms with Gasteiger partial charge in [-0.2, -0.15) is 5.10 Å². The summed E-state index contributed by atoms with van der Waals surface area (Å²) >= 11 is 0. The van der Waals surface area contributed by atoms with Gasteiger partial charge in [0.05, 0.1) is 5.54 Å². The number of carbonyl (C=O) groups excluding carboxylic acids is 1. The van der Waals surface area contributed by atoms with E-state index in [4.69, 9.17) is 0 Å². The minimum Gasteiger partial charge on any atom is -0.337 e. The standard InChI is InChI=1S/C18H28N6O/c1-6-22-12-19-20-16(22)14-7-9-23(10-8-14)17(25)15-11-13(2)24(21-15)18(3,4)5/h11-12,14H,6-10H2,1-5H3. The number of hydrogen-bond acceptors (Lipinski definition) is 4.